The molecule has 5 rings (SSSR count). The number of hydrogen-bond acceptors (Lipinski definition) is 7. The Balaban J connectivity index is 1.38. The van der Waals surface area contributed by atoms with E-state index in [1.54, 1.807) is 11.8 Å². The number of nitrogens with zero attached hydrogens (tertiary/aromatic N) is 4. The first-order valence-corrected chi connectivity index (χ1v) is 11.6. The van der Waals surface area contributed by atoms with Gasteiger partial charge in [-0.2, -0.15) is 5.10 Å². The van der Waals surface area contributed by atoms with Crippen molar-refractivity contribution in [3.63, 3.8) is 0 Å². The number of hydrogen-bond donors (Lipinski definition) is 3. The number of pyridine rings is 1. The molecule has 0 aliphatic heterocycles. The largest absolute Gasteiger partial charge is 0.364 e. The summed E-state index contributed by atoms with van der Waals surface area (Å²) in [5.41, 5.74) is 11.8. The highest BCUT2D eigenvalue weighted by Crippen LogP contribution is 2.39. The van der Waals surface area contributed by atoms with Gasteiger partial charge in [0.2, 0.25) is 0 Å². The molecule has 0 saturated heterocycles. The lowest BCUT2D eigenvalue weighted by Gasteiger charge is -2.23. The summed E-state index contributed by atoms with van der Waals surface area (Å²) in [5, 5.41) is 12.0. The summed E-state index contributed by atoms with van der Waals surface area (Å²) in [4.78, 5) is 13.9. The van der Waals surface area contributed by atoms with Gasteiger partial charge in [0.05, 0.1) is 11.4 Å². The van der Waals surface area contributed by atoms with Gasteiger partial charge in [-0.3, -0.25) is 10.1 Å². The topological polar surface area (TPSA) is 105 Å². The van der Waals surface area contributed by atoms with Gasteiger partial charge in [-0.05, 0) is 30.5 Å². The van der Waals surface area contributed by atoms with Crippen molar-refractivity contribution in [2.45, 2.75) is 36.9 Å². The Labute approximate surface area is 185 Å². The fraction of sp³-hybridized carbons (Fsp3) is 0.304. The van der Waals surface area contributed by atoms with Crippen LogP contribution in [0.15, 0.2) is 53.8 Å². The average molecular weight is 432 g/mol. The van der Waals surface area contributed by atoms with Crippen molar-refractivity contribution in [3.05, 3.63) is 59.9 Å². The Morgan fingerprint density at radius 3 is 2.65 bits per heavy atom. The zero-order valence-corrected chi connectivity index (χ0v) is 18.0. The number of rotatable bonds is 8. The standard InChI is InChI=1S/C23H25N7S/c24-11-13-31-23-27-20-19(17-4-3-5-17)29-30-21(20)22(28-23)26-14-15-7-9-16(10-8-15)18-6-1-2-12-25-18/h1-2,6-10,12,17H,3-5,11,13-14,24H2,(H,29,30)(H,26,27,28). The van der Waals surface area contributed by atoms with E-state index in [0.717, 1.165) is 50.3 Å². The van der Waals surface area contributed by atoms with Crippen LogP contribution in [-0.4, -0.2) is 37.4 Å². The minimum atomic E-state index is 0.527. The molecule has 7 nitrogen and oxygen atoms in total. The Bertz CT molecular complexity index is 1150. The summed E-state index contributed by atoms with van der Waals surface area (Å²) in [6.07, 6.45) is 5.47. The van der Waals surface area contributed by atoms with Crippen LogP contribution in [0.1, 0.15) is 36.4 Å². The monoisotopic (exact) mass is 431 g/mol. The highest BCUT2D eigenvalue weighted by Gasteiger charge is 2.26. The maximum absolute atomic E-state index is 5.69. The zero-order valence-electron chi connectivity index (χ0n) is 17.2. The molecule has 1 fully saturated rings. The van der Waals surface area contributed by atoms with Gasteiger partial charge in [0.1, 0.15) is 5.52 Å². The lowest BCUT2D eigenvalue weighted by Crippen LogP contribution is -2.10. The highest BCUT2D eigenvalue weighted by atomic mass is 32.2. The minimum Gasteiger partial charge on any atom is -0.364 e. The van der Waals surface area contributed by atoms with Crippen molar-refractivity contribution in [2.75, 3.05) is 17.6 Å². The number of aromatic nitrogens is 5. The van der Waals surface area contributed by atoms with E-state index in [1.165, 1.54) is 19.3 Å². The van der Waals surface area contributed by atoms with E-state index in [-0.39, 0.29) is 0 Å². The SMILES string of the molecule is NCCSc1nc(NCc2ccc(-c3ccccn3)cc2)c2n[nH]c(C3CCC3)c2n1. The van der Waals surface area contributed by atoms with E-state index in [4.69, 9.17) is 15.7 Å². The molecular weight excluding hydrogens is 406 g/mol. The fourth-order valence-electron chi connectivity index (χ4n) is 3.73. The normalized spacial score (nSPS) is 14.0. The van der Waals surface area contributed by atoms with Crippen molar-refractivity contribution in [1.29, 1.82) is 0 Å². The van der Waals surface area contributed by atoms with Crippen LogP contribution < -0.4 is 11.1 Å². The molecule has 3 heterocycles. The van der Waals surface area contributed by atoms with E-state index in [2.05, 4.69) is 44.8 Å². The predicted octanol–water partition coefficient (Wildman–Crippen LogP) is 4.35. The third kappa shape index (κ3) is 4.26. The first-order valence-electron chi connectivity index (χ1n) is 10.6. The number of aromatic amines is 1. The first-order chi connectivity index (χ1) is 15.3. The van der Waals surface area contributed by atoms with E-state index in [0.29, 0.717) is 19.0 Å². The van der Waals surface area contributed by atoms with Gasteiger partial charge < -0.3 is 11.1 Å². The number of anilines is 1. The predicted molar refractivity (Wildman–Crippen MR) is 125 cm³/mol. The molecule has 4 N–H and O–H groups in total. The lowest BCUT2D eigenvalue weighted by molar-refractivity contribution is 0.412. The molecule has 0 spiro atoms. The molecule has 31 heavy (non-hydrogen) atoms. The third-order valence-electron chi connectivity index (χ3n) is 5.64. The van der Waals surface area contributed by atoms with Crippen LogP contribution in [0.3, 0.4) is 0 Å². The smallest absolute Gasteiger partial charge is 0.190 e. The summed E-state index contributed by atoms with van der Waals surface area (Å²) >= 11 is 1.58. The van der Waals surface area contributed by atoms with Crippen LogP contribution in [0.5, 0.6) is 0 Å². The molecule has 0 atom stereocenters. The molecule has 1 aliphatic rings. The number of H-pyrrole nitrogens is 1. The van der Waals surface area contributed by atoms with Gasteiger partial charge in [0.15, 0.2) is 16.5 Å². The Morgan fingerprint density at radius 2 is 1.94 bits per heavy atom. The lowest BCUT2D eigenvalue weighted by atomic mass is 9.82. The summed E-state index contributed by atoms with van der Waals surface area (Å²) < 4.78 is 0. The van der Waals surface area contributed by atoms with Crippen LogP contribution in [0.2, 0.25) is 0 Å². The second kappa shape index (κ2) is 9.03. The van der Waals surface area contributed by atoms with Crippen molar-refractivity contribution in [3.8, 4) is 11.3 Å². The van der Waals surface area contributed by atoms with Gasteiger partial charge in [-0.25, -0.2) is 9.97 Å². The second-order valence-electron chi connectivity index (χ2n) is 7.72. The number of fused-ring (bicyclic) bond motifs is 1. The number of thioether (sulfide) groups is 1. The molecule has 0 amide bonds. The number of nitrogens with two attached hydrogens (primary N) is 1. The van der Waals surface area contributed by atoms with Gasteiger partial charge in [0.25, 0.3) is 0 Å². The van der Waals surface area contributed by atoms with Crippen LogP contribution in [0.25, 0.3) is 22.3 Å². The molecule has 1 aliphatic carbocycles. The molecule has 3 aromatic heterocycles. The quantitative estimate of drug-likeness (QED) is 0.281. The van der Waals surface area contributed by atoms with E-state index < -0.39 is 0 Å². The fourth-order valence-corrected chi connectivity index (χ4v) is 4.34. The molecule has 0 unspecified atom stereocenters. The van der Waals surface area contributed by atoms with E-state index >= 15 is 0 Å². The minimum absolute atomic E-state index is 0.527. The van der Waals surface area contributed by atoms with Crippen molar-refractivity contribution in [2.24, 2.45) is 5.73 Å². The maximum atomic E-state index is 5.69. The molecule has 8 heteroatoms. The highest BCUT2D eigenvalue weighted by molar-refractivity contribution is 7.99. The molecule has 1 aromatic carbocycles. The van der Waals surface area contributed by atoms with Crippen molar-refractivity contribution in [1.82, 2.24) is 25.1 Å². The van der Waals surface area contributed by atoms with Crippen LogP contribution in [-0.2, 0) is 6.54 Å². The molecule has 0 radical (unpaired) electrons. The van der Waals surface area contributed by atoms with E-state index in [9.17, 15) is 0 Å². The average Bonchev–Trinajstić information content (AvgIpc) is 3.19. The molecular formula is C23H25N7S. The third-order valence-corrected chi connectivity index (χ3v) is 6.52. The number of benzene rings is 1. The molecule has 0 bridgehead atoms. The van der Waals surface area contributed by atoms with Gasteiger partial charge in [-0.15, -0.1) is 0 Å². The summed E-state index contributed by atoms with van der Waals surface area (Å²) in [5.74, 6) is 2.08. The van der Waals surface area contributed by atoms with Gasteiger partial charge >= 0.3 is 0 Å². The molecule has 158 valence electrons. The van der Waals surface area contributed by atoms with Crippen molar-refractivity contribution < 1.29 is 0 Å². The molecule has 1 saturated carbocycles. The van der Waals surface area contributed by atoms with Crippen LogP contribution in [0, 0.1) is 0 Å². The maximum Gasteiger partial charge on any atom is 0.190 e. The summed E-state index contributed by atoms with van der Waals surface area (Å²) in [7, 11) is 0. The number of nitrogens with one attached hydrogen (secondary N) is 2. The van der Waals surface area contributed by atoms with Gasteiger partial charge in [-0.1, -0.05) is 48.5 Å². The van der Waals surface area contributed by atoms with Crippen LogP contribution in [0.4, 0.5) is 5.82 Å². The summed E-state index contributed by atoms with van der Waals surface area (Å²) in [6.45, 7) is 1.25. The molecule has 4 aromatic rings. The van der Waals surface area contributed by atoms with E-state index in [1.807, 2.05) is 24.4 Å². The van der Waals surface area contributed by atoms with Gasteiger partial charge in [0, 0.05) is 36.5 Å². The zero-order chi connectivity index (χ0) is 21.0. The Kier molecular flexibility index (Phi) is 5.82. The van der Waals surface area contributed by atoms with Crippen molar-refractivity contribution >= 4 is 28.6 Å². The Hall–Kier alpha value is -2.97. The summed E-state index contributed by atoms with van der Waals surface area (Å²) in [6, 6.07) is 14.4. The second-order valence-corrected chi connectivity index (χ2v) is 8.78. The first kappa shape index (κ1) is 20.0. The Morgan fingerprint density at radius 1 is 1.06 bits per heavy atom. The van der Waals surface area contributed by atoms with Crippen LogP contribution >= 0.6 is 11.8 Å².